The average molecular weight is 318 g/mol. The summed E-state index contributed by atoms with van der Waals surface area (Å²) < 4.78 is 15.7. The van der Waals surface area contributed by atoms with E-state index in [4.69, 9.17) is 14.2 Å². The predicted molar refractivity (Wildman–Crippen MR) is 82.5 cm³/mol. The van der Waals surface area contributed by atoms with Crippen molar-refractivity contribution in [1.82, 2.24) is 0 Å². The first-order chi connectivity index (χ1) is 11.2. The first kappa shape index (κ1) is 16.0. The zero-order valence-electron chi connectivity index (χ0n) is 13.4. The molecule has 3 rings (SSSR count). The maximum atomic E-state index is 12.0. The Kier molecular flexibility index (Phi) is 4.66. The number of carbonyl (C=O) groups is 2. The summed E-state index contributed by atoms with van der Waals surface area (Å²) in [6.07, 6.45) is 0.880. The number of methoxy groups -OCH3 is 1. The summed E-state index contributed by atoms with van der Waals surface area (Å²) in [5.41, 5.74) is 1.22. The molecule has 1 aromatic rings. The monoisotopic (exact) mass is 318 g/mol. The Morgan fingerprint density at radius 3 is 2.57 bits per heavy atom. The Labute approximate surface area is 135 Å². The van der Waals surface area contributed by atoms with Gasteiger partial charge in [-0.25, -0.2) is 4.79 Å². The second-order valence-corrected chi connectivity index (χ2v) is 6.09. The quantitative estimate of drug-likeness (QED) is 0.751. The van der Waals surface area contributed by atoms with Crippen LogP contribution in [0.3, 0.4) is 0 Å². The molecule has 5 nitrogen and oxygen atoms in total. The molecule has 0 radical (unpaired) electrons. The molecule has 2 fully saturated rings. The van der Waals surface area contributed by atoms with Gasteiger partial charge in [0.2, 0.25) is 0 Å². The number of hydrogen-bond acceptors (Lipinski definition) is 5. The number of benzene rings is 1. The van der Waals surface area contributed by atoms with Crippen LogP contribution in [0.25, 0.3) is 0 Å². The lowest BCUT2D eigenvalue weighted by Crippen LogP contribution is -2.33. The van der Waals surface area contributed by atoms with Crippen LogP contribution in [0.1, 0.15) is 18.9 Å². The molecule has 2 aliphatic rings. The molecular weight excluding hydrogens is 296 g/mol. The van der Waals surface area contributed by atoms with Gasteiger partial charge < -0.3 is 14.2 Å². The molecule has 1 saturated heterocycles. The molecule has 0 spiro atoms. The van der Waals surface area contributed by atoms with E-state index >= 15 is 0 Å². The zero-order valence-corrected chi connectivity index (χ0v) is 13.4. The molecule has 5 heteroatoms. The zero-order chi connectivity index (χ0) is 16.4. The Balaban J connectivity index is 1.67. The van der Waals surface area contributed by atoms with Crippen molar-refractivity contribution in [1.29, 1.82) is 0 Å². The molecule has 1 aromatic carbocycles. The fourth-order valence-corrected chi connectivity index (χ4v) is 3.66. The van der Waals surface area contributed by atoms with Crippen molar-refractivity contribution in [2.24, 2.45) is 17.8 Å². The molecule has 0 bridgehead atoms. The van der Waals surface area contributed by atoms with Gasteiger partial charge in [-0.15, -0.1) is 0 Å². The first-order valence-electron chi connectivity index (χ1n) is 8.11. The molecule has 5 atom stereocenters. The van der Waals surface area contributed by atoms with Gasteiger partial charge in [0.15, 0.2) is 6.10 Å². The second kappa shape index (κ2) is 6.71. The van der Waals surface area contributed by atoms with E-state index in [9.17, 15) is 9.59 Å². The maximum absolute atomic E-state index is 12.0. The van der Waals surface area contributed by atoms with Crippen molar-refractivity contribution in [3.05, 3.63) is 35.9 Å². The van der Waals surface area contributed by atoms with Crippen LogP contribution in [0, 0.1) is 17.8 Å². The van der Waals surface area contributed by atoms with Gasteiger partial charge in [-0.3, -0.25) is 4.79 Å². The van der Waals surface area contributed by atoms with Gasteiger partial charge in [0.05, 0.1) is 25.7 Å². The molecular formula is C18H22O5. The molecule has 23 heavy (non-hydrogen) atoms. The third-order valence-corrected chi connectivity index (χ3v) is 4.80. The highest BCUT2D eigenvalue weighted by molar-refractivity contribution is 5.80. The molecule has 0 amide bonds. The summed E-state index contributed by atoms with van der Waals surface area (Å²) in [6, 6.07) is 10.1. The highest BCUT2D eigenvalue weighted by atomic mass is 16.6. The van der Waals surface area contributed by atoms with Gasteiger partial charge in [0.25, 0.3) is 0 Å². The summed E-state index contributed by atoms with van der Waals surface area (Å²) in [7, 11) is 1.37. The lowest BCUT2D eigenvalue weighted by atomic mass is 9.89. The van der Waals surface area contributed by atoms with E-state index in [1.54, 1.807) is 6.92 Å². The van der Waals surface area contributed by atoms with Crippen LogP contribution in [-0.4, -0.2) is 37.9 Å². The van der Waals surface area contributed by atoms with Crippen LogP contribution in [-0.2, 0) is 30.2 Å². The summed E-state index contributed by atoms with van der Waals surface area (Å²) >= 11 is 0. The van der Waals surface area contributed by atoms with Crippen molar-refractivity contribution >= 4 is 11.9 Å². The number of hydrogen-bond donors (Lipinski definition) is 0. The molecule has 1 aliphatic carbocycles. The van der Waals surface area contributed by atoms with Crippen molar-refractivity contribution in [2.75, 3.05) is 13.7 Å². The normalized spacial score (nSPS) is 31.3. The largest absolute Gasteiger partial charge is 0.467 e. The smallest absolute Gasteiger partial charge is 0.335 e. The van der Waals surface area contributed by atoms with Gasteiger partial charge in [-0.05, 0) is 25.3 Å². The average Bonchev–Trinajstić information content (AvgIpc) is 3.17. The third kappa shape index (κ3) is 3.11. The number of rotatable bonds is 6. The topological polar surface area (TPSA) is 61.8 Å². The highest BCUT2D eigenvalue weighted by Crippen LogP contribution is 2.57. The van der Waals surface area contributed by atoms with Crippen molar-refractivity contribution in [3.63, 3.8) is 0 Å². The van der Waals surface area contributed by atoms with Crippen molar-refractivity contribution in [3.8, 4) is 0 Å². The van der Waals surface area contributed by atoms with Crippen LogP contribution in [0.15, 0.2) is 30.3 Å². The predicted octanol–water partition coefficient (Wildman–Crippen LogP) is 1.98. The minimum atomic E-state index is -0.565. The number of carbonyl (C=O) groups excluding carboxylic acids is 2. The van der Waals surface area contributed by atoms with Gasteiger partial charge in [0, 0.05) is 11.8 Å². The molecule has 124 valence electrons. The maximum Gasteiger partial charge on any atom is 0.335 e. The summed E-state index contributed by atoms with van der Waals surface area (Å²) in [5, 5.41) is 0. The van der Waals surface area contributed by atoms with E-state index in [0.29, 0.717) is 6.61 Å². The van der Waals surface area contributed by atoms with E-state index in [1.165, 1.54) is 12.7 Å². The molecule has 1 aliphatic heterocycles. The van der Waals surface area contributed by atoms with E-state index in [-0.39, 0.29) is 35.8 Å². The lowest BCUT2D eigenvalue weighted by Gasteiger charge is -2.21. The highest BCUT2D eigenvalue weighted by Gasteiger charge is 2.68. The Morgan fingerprint density at radius 2 is 1.91 bits per heavy atom. The van der Waals surface area contributed by atoms with Gasteiger partial charge >= 0.3 is 11.9 Å². The van der Waals surface area contributed by atoms with Crippen molar-refractivity contribution in [2.45, 2.75) is 32.0 Å². The van der Waals surface area contributed by atoms with Crippen LogP contribution in [0.5, 0.6) is 0 Å². The van der Waals surface area contributed by atoms with Gasteiger partial charge in [-0.1, -0.05) is 30.3 Å². The summed E-state index contributed by atoms with van der Waals surface area (Å²) in [6.45, 7) is 2.16. The van der Waals surface area contributed by atoms with E-state index in [1.807, 2.05) is 18.2 Å². The lowest BCUT2D eigenvalue weighted by molar-refractivity contribution is -0.160. The first-order valence-corrected chi connectivity index (χ1v) is 8.11. The fraction of sp³-hybridized carbons (Fsp3) is 0.556. The van der Waals surface area contributed by atoms with Crippen molar-refractivity contribution < 1.29 is 23.8 Å². The molecule has 1 saturated carbocycles. The molecule has 1 heterocycles. The Hall–Kier alpha value is -1.88. The van der Waals surface area contributed by atoms with Gasteiger partial charge in [-0.2, -0.15) is 0 Å². The van der Waals surface area contributed by atoms with E-state index in [2.05, 4.69) is 12.1 Å². The van der Waals surface area contributed by atoms with Crippen LogP contribution in [0.4, 0.5) is 0 Å². The number of fused-ring (bicyclic) bond motifs is 1. The van der Waals surface area contributed by atoms with E-state index in [0.717, 1.165) is 12.8 Å². The third-order valence-electron chi connectivity index (χ3n) is 4.80. The van der Waals surface area contributed by atoms with Crippen LogP contribution < -0.4 is 0 Å². The minimum absolute atomic E-state index is 0.00191. The second-order valence-electron chi connectivity index (χ2n) is 6.09. The van der Waals surface area contributed by atoms with Crippen LogP contribution in [0.2, 0.25) is 0 Å². The van der Waals surface area contributed by atoms with Crippen LogP contribution >= 0.6 is 0 Å². The molecule has 0 aromatic heterocycles. The Morgan fingerprint density at radius 1 is 1.17 bits per heavy atom. The fourth-order valence-electron chi connectivity index (χ4n) is 3.66. The minimum Gasteiger partial charge on any atom is -0.467 e. The Bertz CT molecular complexity index is 570. The summed E-state index contributed by atoms with van der Waals surface area (Å²) in [4.78, 5) is 23.9. The SMILES string of the molecule is CCOC(=O)[C@@H]1[C@H]2O[C@@H](C(=O)OC)[C@@H](CCc3ccccc3)[C@H]21. The number of ether oxygens (including phenoxy) is 3. The molecule has 0 unspecified atom stereocenters. The number of esters is 2. The van der Waals surface area contributed by atoms with E-state index < -0.39 is 6.10 Å². The van der Waals surface area contributed by atoms with Gasteiger partial charge in [0.1, 0.15) is 0 Å². The number of aryl methyl sites for hydroxylation is 1. The standard InChI is InChI=1S/C18H22O5/c1-3-22-17(19)14-13-12(10-9-11-7-5-4-6-8-11)15(18(20)21-2)23-16(13)14/h4-8,12-16H,3,9-10H2,1-2H3/t12-,13-,14-,15+,16-/m0/s1. The summed E-state index contributed by atoms with van der Waals surface area (Å²) in [5.74, 6) is -0.714. The molecule has 0 N–H and O–H groups in total.